The van der Waals surface area contributed by atoms with Crippen LogP contribution in [0.4, 0.5) is 34.1 Å². The first-order valence-electron chi connectivity index (χ1n) is 18.5. The first-order chi connectivity index (χ1) is 26.4. The Balaban J connectivity index is 1.07. The van der Waals surface area contributed by atoms with Crippen LogP contribution in [-0.2, 0) is 0 Å². The predicted octanol–water partition coefficient (Wildman–Crippen LogP) is 15.3. The van der Waals surface area contributed by atoms with Crippen molar-refractivity contribution in [1.82, 2.24) is 0 Å². The molecule has 2 nitrogen and oxygen atoms in total. The number of hydrogen-bond acceptors (Lipinski definition) is 4. The molecule has 2 aliphatic rings. The van der Waals surface area contributed by atoms with Crippen molar-refractivity contribution in [2.24, 2.45) is 0 Å². The quantitative estimate of drug-likeness (QED) is 0.168. The lowest BCUT2D eigenvalue weighted by atomic mass is 9.91. The van der Waals surface area contributed by atoms with E-state index in [1.54, 1.807) is 0 Å². The summed E-state index contributed by atoms with van der Waals surface area (Å²) in [6.45, 7) is 8.73. The van der Waals surface area contributed by atoms with Crippen LogP contribution in [0.2, 0.25) is 0 Å². The molecule has 0 N–H and O–H groups in total. The Hall–Kier alpha value is -5.68. The van der Waals surface area contributed by atoms with Crippen molar-refractivity contribution in [3.8, 4) is 22.3 Å². The second-order valence-electron chi connectivity index (χ2n) is 14.5. The average molecular weight is 731 g/mol. The van der Waals surface area contributed by atoms with Crippen LogP contribution in [0.3, 0.4) is 0 Å². The van der Waals surface area contributed by atoms with E-state index in [4.69, 9.17) is 0 Å². The van der Waals surface area contributed by atoms with E-state index in [1.807, 2.05) is 23.5 Å². The Morgan fingerprint density at radius 1 is 0.333 bits per heavy atom. The highest BCUT2D eigenvalue weighted by Gasteiger charge is 2.28. The first-order valence-corrected chi connectivity index (χ1v) is 20.1. The summed E-state index contributed by atoms with van der Waals surface area (Å²) in [6, 6.07) is 58.4. The highest BCUT2D eigenvalue weighted by molar-refractivity contribution is 8.00. The molecule has 10 rings (SSSR count). The second-order valence-corrected chi connectivity index (χ2v) is 16.7. The number of aryl methyl sites for hydroxylation is 4. The molecule has 4 heteroatoms. The van der Waals surface area contributed by atoms with Crippen LogP contribution in [0.25, 0.3) is 33.0 Å². The van der Waals surface area contributed by atoms with Crippen molar-refractivity contribution < 1.29 is 0 Å². The molecule has 0 unspecified atom stereocenters. The monoisotopic (exact) mass is 730 g/mol. The molecule has 0 aliphatic carbocycles. The number of para-hydroxylation sites is 2. The van der Waals surface area contributed by atoms with Crippen LogP contribution in [0, 0.1) is 27.7 Å². The number of fused-ring (bicyclic) bond motifs is 4. The predicted molar refractivity (Wildman–Crippen MR) is 231 cm³/mol. The summed E-state index contributed by atoms with van der Waals surface area (Å²) in [5.41, 5.74) is 17.3. The molecule has 0 saturated heterocycles. The van der Waals surface area contributed by atoms with Gasteiger partial charge in [-0.25, -0.2) is 0 Å². The zero-order valence-corrected chi connectivity index (χ0v) is 32.4. The first kappa shape index (κ1) is 32.9. The summed E-state index contributed by atoms with van der Waals surface area (Å²) in [7, 11) is 0. The van der Waals surface area contributed by atoms with Crippen molar-refractivity contribution in [2.45, 2.75) is 47.3 Å². The lowest BCUT2D eigenvalue weighted by molar-refractivity contribution is 1.22. The molecule has 0 radical (unpaired) electrons. The van der Waals surface area contributed by atoms with Crippen LogP contribution < -0.4 is 9.80 Å². The van der Waals surface area contributed by atoms with E-state index in [9.17, 15) is 0 Å². The fraction of sp³-hybridized carbons (Fsp3) is 0.0800. The fourth-order valence-corrected chi connectivity index (χ4v) is 10.7. The summed E-state index contributed by atoms with van der Waals surface area (Å²) >= 11 is 3.80. The van der Waals surface area contributed by atoms with Crippen LogP contribution in [-0.4, -0.2) is 0 Å². The molecule has 0 fully saturated rings. The number of rotatable bonds is 6. The maximum atomic E-state index is 2.39. The van der Waals surface area contributed by atoms with Crippen molar-refractivity contribution in [2.75, 3.05) is 9.80 Å². The van der Waals surface area contributed by atoms with Crippen molar-refractivity contribution in [1.29, 1.82) is 0 Å². The highest BCUT2D eigenvalue weighted by atomic mass is 32.2. The third-order valence-electron chi connectivity index (χ3n) is 10.6. The number of nitrogens with zero attached hydrogens (tertiary/aromatic N) is 2. The minimum atomic E-state index is 1.15. The molecule has 0 atom stereocenters. The van der Waals surface area contributed by atoms with E-state index < -0.39 is 0 Å². The van der Waals surface area contributed by atoms with Gasteiger partial charge in [-0.15, -0.1) is 0 Å². The summed E-state index contributed by atoms with van der Waals surface area (Å²) in [5, 5.41) is 2.74. The number of anilines is 6. The van der Waals surface area contributed by atoms with Crippen molar-refractivity contribution >= 4 is 68.4 Å². The fourth-order valence-electron chi connectivity index (χ4n) is 8.37. The van der Waals surface area contributed by atoms with E-state index in [-0.39, 0.29) is 0 Å². The van der Waals surface area contributed by atoms with Crippen LogP contribution in [0.15, 0.2) is 177 Å². The molecule has 0 aromatic heterocycles. The van der Waals surface area contributed by atoms with E-state index in [0.717, 1.165) is 17.1 Å². The second kappa shape index (κ2) is 13.0. The van der Waals surface area contributed by atoms with Gasteiger partial charge in [-0.2, -0.15) is 0 Å². The third-order valence-corrected chi connectivity index (χ3v) is 12.9. The molecule has 0 saturated carbocycles. The van der Waals surface area contributed by atoms with Crippen LogP contribution >= 0.6 is 23.5 Å². The number of benzene rings is 8. The van der Waals surface area contributed by atoms with E-state index in [2.05, 4.69) is 195 Å². The van der Waals surface area contributed by atoms with Gasteiger partial charge in [0.1, 0.15) is 0 Å². The normalized spacial score (nSPS) is 12.3. The van der Waals surface area contributed by atoms with E-state index in [1.165, 1.54) is 91.9 Å². The van der Waals surface area contributed by atoms with Gasteiger partial charge in [0.15, 0.2) is 0 Å². The maximum Gasteiger partial charge on any atom is 0.0490 e. The highest BCUT2D eigenvalue weighted by Crippen LogP contribution is 2.57. The van der Waals surface area contributed by atoms with E-state index in [0.29, 0.717) is 0 Å². The van der Waals surface area contributed by atoms with Gasteiger partial charge >= 0.3 is 0 Å². The summed E-state index contributed by atoms with van der Waals surface area (Å²) in [4.78, 5) is 9.99. The SMILES string of the molecule is Cc1cc(C)cc(N(c2ccccc2)c2ccc3c(c2)Sc2ccc4c5c(ccc-3c25)-c2ccc(N(c3ccccc3)c3ccc(C)cc3C)cc2S4)c1. The third kappa shape index (κ3) is 5.52. The minimum absolute atomic E-state index is 1.15. The molecule has 8 aromatic carbocycles. The van der Waals surface area contributed by atoms with Gasteiger partial charge in [0.05, 0.1) is 0 Å². The lowest BCUT2D eigenvalue weighted by Crippen LogP contribution is -2.12. The standard InChI is InChI=1S/C50H38N2S2/c1-31-15-22-44(34(4)26-31)52(36-13-9-6-10-14-36)38-17-19-41-43-21-20-42-40-18-16-37(51(35-11-7-5-8-12-35)39-27-32(2)25-33(3)28-39)29-47(40)53-45-23-24-46(50(43)49(42)45)54-48(41)30-38/h5-30H,1-4H3. The summed E-state index contributed by atoms with van der Waals surface area (Å²) in [5.74, 6) is 0. The molecule has 2 aliphatic heterocycles. The van der Waals surface area contributed by atoms with Crippen LogP contribution in [0.5, 0.6) is 0 Å². The summed E-state index contributed by atoms with van der Waals surface area (Å²) < 4.78 is 0. The largest absolute Gasteiger partial charge is 0.310 e. The Bertz CT molecular complexity index is 2750. The Morgan fingerprint density at radius 3 is 1.37 bits per heavy atom. The van der Waals surface area contributed by atoms with Gasteiger partial charge in [-0.05, 0) is 146 Å². The van der Waals surface area contributed by atoms with Crippen molar-refractivity contribution in [3.63, 3.8) is 0 Å². The molecule has 0 amide bonds. The van der Waals surface area contributed by atoms with Gasteiger partial charge in [0.2, 0.25) is 0 Å². The molecular weight excluding hydrogens is 693 g/mol. The molecule has 54 heavy (non-hydrogen) atoms. The zero-order chi connectivity index (χ0) is 36.5. The Kier molecular flexibility index (Phi) is 7.94. The molecule has 260 valence electrons. The van der Waals surface area contributed by atoms with Gasteiger partial charge in [0.25, 0.3) is 0 Å². The van der Waals surface area contributed by atoms with Gasteiger partial charge in [-0.1, -0.05) is 108 Å². The molecule has 0 spiro atoms. The molecular formula is C50H38N2S2. The summed E-state index contributed by atoms with van der Waals surface area (Å²) in [6.07, 6.45) is 0. The molecule has 8 aromatic rings. The average Bonchev–Trinajstić information content (AvgIpc) is 3.18. The number of hydrogen-bond donors (Lipinski definition) is 0. The van der Waals surface area contributed by atoms with E-state index >= 15 is 0 Å². The van der Waals surface area contributed by atoms with Crippen molar-refractivity contribution in [3.05, 3.63) is 180 Å². The Labute approximate surface area is 326 Å². The van der Waals surface area contributed by atoms with Gasteiger partial charge in [-0.3, -0.25) is 0 Å². The molecule has 0 bridgehead atoms. The minimum Gasteiger partial charge on any atom is -0.310 e. The lowest BCUT2D eigenvalue weighted by Gasteiger charge is -2.30. The van der Waals surface area contributed by atoms with Gasteiger partial charge < -0.3 is 9.80 Å². The molecule has 2 heterocycles. The maximum absolute atomic E-state index is 2.39. The smallest absolute Gasteiger partial charge is 0.0490 e. The van der Waals surface area contributed by atoms with Gasteiger partial charge in [0, 0.05) is 64.5 Å². The van der Waals surface area contributed by atoms with Crippen LogP contribution in [0.1, 0.15) is 22.3 Å². The topological polar surface area (TPSA) is 6.48 Å². The Morgan fingerprint density at radius 2 is 0.833 bits per heavy atom. The zero-order valence-electron chi connectivity index (χ0n) is 30.7.